The number of benzene rings is 1. The van der Waals surface area contributed by atoms with Crippen LogP contribution in [0, 0.1) is 0 Å². The predicted octanol–water partition coefficient (Wildman–Crippen LogP) is 1.46. The number of fused-ring (bicyclic) bond motifs is 1. The van der Waals surface area contributed by atoms with Crippen LogP contribution in [-0.2, 0) is 6.42 Å². The zero-order valence-corrected chi connectivity index (χ0v) is 12.2. The average molecular weight is 291 g/mol. The van der Waals surface area contributed by atoms with Crippen LogP contribution in [0.2, 0.25) is 0 Å². The zero-order valence-electron chi connectivity index (χ0n) is 12.2. The van der Waals surface area contributed by atoms with Crippen LogP contribution in [0.15, 0.2) is 18.2 Å². The van der Waals surface area contributed by atoms with Crippen LogP contribution in [0.5, 0.6) is 0 Å². The number of carboxylic acids is 1. The minimum Gasteiger partial charge on any atom is -0.478 e. The Morgan fingerprint density at radius 2 is 2.14 bits per heavy atom. The molecule has 0 aliphatic carbocycles. The number of urea groups is 1. The second kappa shape index (κ2) is 7.08. The SMILES string of the molecule is CCNCCCNC(=O)N1CCc2cc(C(=O)O)ccc21. The van der Waals surface area contributed by atoms with Crippen molar-refractivity contribution in [1.82, 2.24) is 10.6 Å². The van der Waals surface area contributed by atoms with E-state index in [2.05, 4.69) is 10.6 Å². The molecule has 3 N–H and O–H groups in total. The van der Waals surface area contributed by atoms with Gasteiger partial charge in [-0.25, -0.2) is 9.59 Å². The third-order valence-corrected chi connectivity index (χ3v) is 3.52. The molecule has 114 valence electrons. The summed E-state index contributed by atoms with van der Waals surface area (Å²) >= 11 is 0. The smallest absolute Gasteiger partial charge is 0.335 e. The minimum absolute atomic E-state index is 0.117. The molecule has 6 heteroatoms. The monoisotopic (exact) mass is 291 g/mol. The van der Waals surface area contributed by atoms with E-state index in [1.165, 1.54) is 6.07 Å². The highest BCUT2D eigenvalue weighted by molar-refractivity contribution is 5.95. The maximum atomic E-state index is 12.1. The van der Waals surface area contributed by atoms with Crippen LogP contribution in [0.25, 0.3) is 0 Å². The summed E-state index contributed by atoms with van der Waals surface area (Å²) in [6, 6.07) is 4.78. The van der Waals surface area contributed by atoms with Gasteiger partial charge < -0.3 is 15.7 Å². The van der Waals surface area contributed by atoms with Crippen molar-refractivity contribution in [3.63, 3.8) is 0 Å². The van der Waals surface area contributed by atoms with Gasteiger partial charge in [-0.05, 0) is 49.7 Å². The van der Waals surface area contributed by atoms with Crippen molar-refractivity contribution in [3.05, 3.63) is 29.3 Å². The standard InChI is InChI=1S/C15H21N3O3/c1-2-16-7-3-8-17-15(21)18-9-6-11-10-12(14(19)20)4-5-13(11)18/h4-5,10,16H,2-3,6-9H2,1H3,(H,17,21)(H,19,20). The first-order valence-electron chi connectivity index (χ1n) is 7.25. The molecule has 0 radical (unpaired) electrons. The highest BCUT2D eigenvalue weighted by Crippen LogP contribution is 2.28. The minimum atomic E-state index is -0.941. The lowest BCUT2D eigenvalue weighted by molar-refractivity contribution is 0.0697. The lowest BCUT2D eigenvalue weighted by Crippen LogP contribution is -2.39. The van der Waals surface area contributed by atoms with Crippen molar-refractivity contribution < 1.29 is 14.7 Å². The fourth-order valence-corrected chi connectivity index (χ4v) is 2.43. The number of carboxylic acid groups (broad SMARTS) is 1. The first-order valence-corrected chi connectivity index (χ1v) is 7.25. The van der Waals surface area contributed by atoms with Crippen LogP contribution in [-0.4, -0.2) is 43.3 Å². The van der Waals surface area contributed by atoms with Crippen molar-refractivity contribution in [2.45, 2.75) is 19.8 Å². The first-order chi connectivity index (χ1) is 10.1. The first kappa shape index (κ1) is 15.3. The normalized spacial score (nSPS) is 13.1. The number of amides is 2. The van der Waals surface area contributed by atoms with Gasteiger partial charge in [-0.1, -0.05) is 6.92 Å². The van der Waals surface area contributed by atoms with E-state index in [4.69, 9.17) is 5.11 Å². The molecule has 1 aliphatic rings. The Balaban J connectivity index is 1.92. The molecule has 0 saturated heterocycles. The maximum absolute atomic E-state index is 12.1. The van der Waals surface area contributed by atoms with Crippen molar-refractivity contribution in [3.8, 4) is 0 Å². The molecule has 0 fully saturated rings. The van der Waals surface area contributed by atoms with Gasteiger partial charge in [0.25, 0.3) is 0 Å². The van der Waals surface area contributed by atoms with E-state index in [0.29, 0.717) is 19.5 Å². The molecular weight excluding hydrogens is 270 g/mol. The van der Waals surface area contributed by atoms with E-state index in [0.717, 1.165) is 30.8 Å². The molecule has 1 heterocycles. The lowest BCUT2D eigenvalue weighted by atomic mass is 10.1. The zero-order chi connectivity index (χ0) is 15.2. The number of carbonyl (C=O) groups excluding carboxylic acids is 1. The Labute approximate surface area is 124 Å². The van der Waals surface area contributed by atoms with Gasteiger partial charge >= 0.3 is 12.0 Å². The van der Waals surface area contributed by atoms with Gasteiger partial charge in [0.1, 0.15) is 0 Å². The molecule has 21 heavy (non-hydrogen) atoms. The number of carbonyl (C=O) groups is 2. The van der Waals surface area contributed by atoms with Crippen LogP contribution in [0.1, 0.15) is 29.3 Å². The topological polar surface area (TPSA) is 81.7 Å². The lowest BCUT2D eigenvalue weighted by Gasteiger charge is -2.18. The van der Waals surface area contributed by atoms with Gasteiger partial charge in [0, 0.05) is 18.8 Å². The van der Waals surface area contributed by atoms with E-state index in [-0.39, 0.29) is 11.6 Å². The molecule has 0 unspecified atom stereocenters. The highest BCUT2D eigenvalue weighted by Gasteiger charge is 2.25. The molecule has 6 nitrogen and oxygen atoms in total. The summed E-state index contributed by atoms with van der Waals surface area (Å²) in [5.41, 5.74) is 1.99. The Kier molecular flexibility index (Phi) is 5.16. The fourth-order valence-electron chi connectivity index (χ4n) is 2.43. The summed E-state index contributed by atoms with van der Waals surface area (Å²) in [7, 11) is 0. The van der Waals surface area contributed by atoms with Crippen molar-refractivity contribution in [1.29, 1.82) is 0 Å². The molecule has 2 rings (SSSR count). The Hall–Kier alpha value is -2.08. The van der Waals surface area contributed by atoms with E-state index < -0.39 is 5.97 Å². The third-order valence-electron chi connectivity index (χ3n) is 3.52. The fraction of sp³-hybridized carbons (Fsp3) is 0.467. The summed E-state index contributed by atoms with van der Waals surface area (Å²) in [6.45, 7) is 5.09. The molecule has 0 atom stereocenters. The number of hydrogen-bond donors (Lipinski definition) is 3. The third kappa shape index (κ3) is 3.72. The molecule has 0 bridgehead atoms. The predicted molar refractivity (Wildman–Crippen MR) is 81.0 cm³/mol. The Bertz CT molecular complexity index is 531. The van der Waals surface area contributed by atoms with Gasteiger partial charge in [-0.2, -0.15) is 0 Å². The Morgan fingerprint density at radius 3 is 2.86 bits per heavy atom. The van der Waals surface area contributed by atoms with Crippen LogP contribution in [0.3, 0.4) is 0 Å². The number of aromatic carboxylic acids is 1. The summed E-state index contributed by atoms with van der Waals surface area (Å²) in [5.74, 6) is -0.941. The van der Waals surface area contributed by atoms with E-state index in [9.17, 15) is 9.59 Å². The average Bonchev–Trinajstić information content (AvgIpc) is 2.89. The number of nitrogens with one attached hydrogen (secondary N) is 2. The van der Waals surface area contributed by atoms with Gasteiger partial charge in [0.15, 0.2) is 0 Å². The summed E-state index contributed by atoms with van der Waals surface area (Å²) < 4.78 is 0. The molecule has 0 spiro atoms. The summed E-state index contributed by atoms with van der Waals surface area (Å²) in [4.78, 5) is 24.8. The van der Waals surface area contributed by atoms with Crippen molar-refractivity contribution >= 4 is 17.7 Å². The molecule has 1 aliphatic heterocycles. The quantitative estimate of drug-likeness (QED) is 0.693. The highest BCUT2D eigenvalue weighted by atomic mass is 16.4. The molecule has 2 amide bonds. The van der Waals surface area contributed by atoms with Gasteiger partial charge in [-0.3, -0.25) is 4.90 Å². The van der Waals surface area contributed by atoms with E-state index in [1.54, 1.807) is 17.0 Å². The Morgan fingerprint density at radius 1 is 1.33 bits per heavy atom. The molecule has 1 aromatic rings. The van der Waals surface area contributed by atoms with Crippen LogP contribution in [0.4, 0.5) is 10.5 Å². The summed E-state index contributed by atoms with van der Waals surface area (Å²) in [5, 5.41) is 15.1. The van der Waals surface area contributed by atoms with Crippen LogP contribution < -0.4 is 15.5 Å². The van der Waals surface area contributed by atoms with E-state index >= 15 is 0 Å². The second-order valence-corrected chi connectivity index (χ2v) is 4.99. The number of rotatable bonds is 6. The molecule has 0 saturated carbocycles. The van der Waals surface area contributed by atoms with Gasteiger partial charge in [0.05, 0.1) is 5.56 Å². The number of hydrogen-bond acceptors (Lipinski definition) is 3. The molecule has 1 aromatic carbocycles. The van der Waals surface area contributed by atoms with Gasteiger partial charge in [-0.15, -0.1) is 0 Å². The van der Waals surface area contributed by atoms with Crippen molar-refractivity contribution in [2.24, 2.45) is 0 Å². The van der Waals surface area contributed by atoms with Crippen LogP contribution >= 0.6 is 0 Å². The molecular formula is C15H21N3O3. The molecule has 0 aromatic heterocycles. The summed E-state index contributed by atoms with van der Waals surface area (Å²) in [6.07, 6.45) is 1.58. The maximum Gasteiger partial charge on any atom is 0.335 e. The largest absolute Gasteiger partial charge is 0.478 e. The number of nitrogens with zero attached hydrogens (tertiary/aromatic N) is 1. The van der Waals surface area contributed by atoms with Gasteiger partial charge in [0.2, 0.25) is 0 Å². The second-order valence-electron chi connectivity index (χ2n) is 4.99. The van der Waals surface area contributed by atoms with E-state index in [1.807, 2.05) is 6.92 Å². The van der Waals surface area contributed by atoms with Crippen molar-refractivity contribution in [2.75, 3.05) is 31.1 Å². The number of anilines is 1.